The third kappa shape index (κ3) is 5.46. The third-order valence-electron chi connectivity index (χ3n) is 3.96. The number of halogens is 1. The summed E-state index contributed by atoms with van der Waals surface area (Å²) in [5.41, 5.74) is 2.31. The Morgan fingerprint density at radius 3 is 2.70 bits per heavy atom. The Morgan fingerprint density at radius 2 is 1.96 bits per heavy atom. The van der Waals surface area contributed by atoms with E-state index in [1.807, 2.05) is 30.3 Å². The van der Waals surface area contributed by atoms with Crippen LogP contribution in [0.5, 0.6) is 5.75 Å². The van der Waals surface area contributed by atoms with Crippen LogP contribution in [0.3, 0.4) is 0 Å². The lowest BCUT2D eigenvalue weighted by atomic mass is 10.1. The number of rotatable bonds is 7. The number of methoxy groups -OCH3 is 1. The second kappa shape index (κ2) is 9.05. The lowest BCUT2D eigenvalue weighted by molar-refractivity contribution is 0.102. The molecule has 0 spiro atoms. The normalized spacial score (nSPS) is 10.3. The van der Waals surface area contributed by atoms with Gasteiger partial charge >= 0.3 is 0 Å². The molecule has 1 aromatic heterocycles. The van der Waals surface area contributed by atoms with Gasteiger partial charge in [-0.15, -0.1) is 0 Å². The van der Waals surface area contributed by atoms with E-state index < -0.39 is 0 Å². The topological polar surface area (TPSA) is 63.2 Å². The van der Waals surface area contributed by atoms with Gasteiger partial charge in [0.25, 0.3) is 5.91 Å². The molecule has 2 N–H and O–H groups in total. The molecule has 0 saturated heterocycles. The first-order chi connectivity index (χ1) is 13.1. The van der Waals surface area contributed by atoms with Crippen molar-refractivity contribution in [2.45, 2.75) is 6.42 Å². The predicted octanol–water partition coefficient (Wildman–Crippen LogP) is 4.65. The molecule has 0 aliphatic rings. The minimum atomic E-state index is -0.224. The highest BCUT2D eigenvalue weighted by Crippen LogP contribution is 2.15. The van der Waals surface area contributed by atoms with Crippen LogP contribution in [-0.2, 0) is 6.42 Å². The number of carbonyl (C=O) groups excluding carboxylic acids is 1. The van der Waals surface area contributed by atoms with Crippen LogP contribution >= 0.6 is 11.6 Å². The van der Waals surface area contributed by atoms with Gasteiger partial charge < -0.3 is 15.4 Å². The molecule has 3 rings (SSSR count). The molecule has 0 atom stereocenters. The molecule has 1 heterocycles. The fraction of sp³-hybridized carbons (Fsp3) is 0.143. The van der Waals surface area contributed by atoms with Crippen LogP contribution in [0.4, 0.5) is 11.5 Å². The largest absolute Gasteiger partial charge is 0.497 e. The van der Waals surface area contributed by atoms with E-state index in [1.165, 1.54) is 5.56 Å². The van der Waals surface area contributed by atoms with Gasteiger partial charge in [0, 0.05) is 17.1 Å². The Hall–Kier alpha value is -3.05. The fourth-order valence-corrected chi connectivity index (χ4v) is 2.76. The lowest BCUT2D eigenvalue weighted by Gasteiger charge is -2.09. The lowest BCUT2D eigenvalue weighted by Crippen LogP contribution is -2.12. The maximum Gasteiger partial charge on any atom is 0.255 e. The Kier molecular flexibility index (Phi) is 6.28. The zero-order valence-electron chi connectivity index (χ0n) is 14.9. The van der Waals surface area contributed by atoms with Crippen molar-refractivity contribution >= 4 is 29.0 Å². The Morgan fingerprint density at radius 1 is 1.11 bits per heavy atom. The van der Waals surface area contributed by atoms with Crippen molar-refractivity contribution in [3.05, 3.63) is 83.0 Å². The molecule has 6 heteroatoms. The van der Waals surface area contributed by atoms with Crippen molar-refractivity contribution in [2.24, 2.45) is 0 Å². The molecular weight excluding hydrogens is 362 g/mol. The number of ether oxygens (including phenoxy) is 1. The monoisotopic (exact) mass is 381 g/mol. The second-order valence-electron chi connectivity index (χ2n) is 5.92. The summed E-state index contributed by atoms with van der Waals surface area (Å²) in [5.74, 6) is 1.38. The summed E-state index contributed by atoms with van der Waals surface area (Å²) in [5, 5.41) is 6.60. The molecule has 5 nitrogen and oxygen atoms in total. The van der Waals surface area contributed by atoms with Crippen molar-refractivity contribution in [2.75, 3.05) is 24.3 Å². The number of nitrogens with one attached hydrogen (secondary N) is 2. The molecule has 2 aromatic carbocycles. The van der Waals surface area contributed by atoms with Gasteiger partial charge in [0.2, 0.25) is 0 Å². The number of nitrogens with zero attached hydrogens (tertiary/aromatic N) is 1. The zero-order chi connectivity index (χ0) is 19.1. The van der Waals surface area contributed by atoms with Crippen molar-refractivity contribution < 1.29 is 9.53 Å². The highest BCUT2D eigenvalue weighted by Gasteiger charge is 2.07. The molecule has 138 valence electrons. The Labute approximate surface area is 163 Å². The summed E-state index contributed by atoms with van der Waals surface area (Å²) in [6.07, 6.45) is 2.47. The van der Waals surface area contributed by atoms with Gasteiger partial charge in [0.05, 0.1) is 19.0 Å². The first-order valence-corrected chi connectivity index (χ1v) is 8.91. The van der Waals surface area contributed by atoms with Crippen molar-refractivity contribution in [3.63, 3.8) is 0 Å². The minimum Gasteiger partial charge on any atom is -0.497 e. The van der Waals surface area contributed by atoms with Crippen molar-refractivity contribution in [3.8, 4) is 5.75 Å². The number of pyridine rings is 1. The van der Waals surface area contributed by atoms with Crippen LogP contribution in [-0.4, -0.2) is 24.5 Å². The Bertz CT molecular complexity index is 913. The molecule has 0 saturated carbocycles. The number of hydrogen-bond acceptors (Lipinski definition) is 4. The van der Waals surface area contributed by atoms with Crippen LogP contribution in [0.1, 0.15) is 15.9 Å². The molecule has 0 fully saturated rings. The molecule has 0 radical (unpaired) electrons. The highest BCUT2D eigenvalue weighted by atomic mass is 35.5. The second-order valence-corrected chi connectivity index (χ2v) is 6.36. The summed E-state index contributed by atoms with van der Waals surface area (Å²) < 4.78 is 5.23. The van der Waals surface area contributed by atoms with E-state index in [2.05, 4.69) is 21.7 Å². The molecule has 0 unspecified atom stereocenters. The quantitative estimate of drug-likeness (QED) is 0.625. The maximum absolute atomic E-state index is 12.2. The summed E-state index contributed by atoms with van der Waals surface area (Å²) in [6, 6.07) is 18.4. The highest BCUT2D eigenvalue weighted by molar-refractivity contribution is 6.31. The van der Waals surface area contributed by atoms with Crippen LogP contribution in [0.2, 0.25) is 5.02 Å². The number of aromatic nitrogens is 1. The van der Waals surface area contributed by atoms with Gasteiger partial charge in [-0.25, -0.2) is 4.98 Å². The van der Waals surface area contributed by atoms with E-state index in [-0.39, 0.29) is 5.91 Å². The predicted molar refractivity (Wildman–Crippen MR) is 109 cm³/mol. The van der Waals surface area contributed by atoms with Crippen LogP contribution < -0.4 is 15.4 Å². The summed E-state index contributed by atoms with van der Waals surface area (Å²) in [4.78, 5) is 16.5. The fourth-order valence-electron chi connectivity index (χ4n) is 2.57. The first-order valence-electron chi connectivity index (χ1n) is 8.54. The van der Waals surface area contributed by atoms with Crippen LogP contribution in [0, 0.1) is 0 Å². The van der Waals surface area contributed by atoms with Gasteiger partial charge in [0.15, 0.2) is 0 Å². The third-order valence-corrected chi connectivity index (χ3v) is 4.20. The number of anilines is 2. The van der Waals surface area contributed by atoms with Gasteiger partial charge in [-0.3, -0.25) is 4.79 Å². The Balaban J connectivity index is 1.51. The number of benzene rings is 2. The average molecular weight is 382 g/mol. The SMILES string of the molecule is COc1cccc(CCNc2ccc(NC(=O)c3cccc(Cl)c3)cn2)c1. The first kappa shape index (κ1) is 18.7. The summed E-state index contributed by atoms with van der Waals surface area (Å²) >= 11 is 5.91. The molecule has 0 aliphatic carbocycles. The zero-order valence-corrected chi connectivity index (χ0v) is 15.7. The van der Waals surface area contributed by atoms with E-state index >= 15 is 0 Å². The van der Waals surface area contributed by atoms with E-state index in [0.29, 0.717) is 16.3 Å². The standard InChI is InChI=1S/C21H20ClN3O2/c1-27-19-7-2-4-15(12-19)10-11-23-20-9-8-18(14-24-20)25-21(26)16-5-3-6-17(22)13-16/h2-9,12-14H,10-11H2,1H3,(H,23,24)(H,25,26). The molecular formula is C21H20ClN3O2. The molecule has 27 heavy (non-hydrogen) atoms. The summed E-state index contributed by atoms with van der Waals surface area (Å²) in [7, 11) is 1.66. The van der Waals surface area contributed by atoms with Crippen LogP contribution in [0.15, 0.2) is 66.9 Å². The van der Waals surface area contributed by atoms with Gasteiger partial charge in [-0.2, -0.15) is 0 Å². The number of amides is 1. The molecule has 1 amide bonds. The van der Waals surface area contributed by atoms with Crippen LogP contribution in [0.25, 0.3) is 0 Å². The van der Waals surface area contributed by atoms with Gasteiger partial charge in [-0.05, 0) is 54.4 Å². The van der Waals surface area contributed by atoms with Crippen molar-refractivity contribution in [1.82, 2.24) is 4.98 Å². The van der Waals surface area contributed by atoms with E-state index in [0.717, 1.165) is 24.5 Å². The summed E-state index contributed by atoms with van der Waals surface area (Å²) in [6.45, 7) is 0.744. The maximum atomic E-state index is 12.2. The molecule has 0 bridgehead atoms. The number of carbonyl (C=O) groups is 1. The van der Waals surface area contributed by atoms with E-state index in [4.69, 9.17) is 16.3 Å². The smallest absolute Gasteiger partial charge is 0.255 e. The minimum absolute atomic E-state index is 0.224. The van der Waals surface area contributed by atoms with Gasteiger partial charge in [0.1, 0.15) is 11.6 Å². The molecule has 3 aromatic rings. The number of hydrogen-bond donors (Lipinski definition) is 2. The van der Waals surface area contributed by atoms with E-state index in [1.54, 1.807) is 37.6 Å². The van der Waals surface area contributed by atoms with Gasteiger partial charge in [-0.1, -0.05) is 29.8 Å². The average Bonchev–Trinajstić information content (AvgIpc) is 2.69. The van der Waals surface area contributed by atoms with E-state index in [9.17, 15) is 4.79 Å². The van der Waals surface area contributed by atoms with Crippen molar-refractivity contribution in [1.29, 1.82) is 0 Å². The molecule has 0 aliphatic heterocycles.